The third kappa shape index (κ3) is 3.17. The van der Waals surface area contributed by atoms with Gasteiger partial charge in [-0.15, -0.1) is 5.10 Å². The van der Waals surface area contributed by atoms with Gasteiger partial charge in [0.15, 0.2) is 6.23 Å². The lowest BCUT2D eigenvalue weighted by atomic mass is 10.1. The van der Waals surface area contributed by atoms with Crippen LogP contribution in [-0.4, -0.2) is 28.1 Å². The lowest BCUT2D eigenvalue weighted by molar-refractivity contribution is 0.110. The number of ether oxygens (including phenoxy) is 1. The molecule has 1 fully saturated rings. The fourth-order valence-corrected chi connectivity index (χ4v) is 3.16. The zero-order chi connectivity index (χ0) is 17.9. The zero-order valence-corrected chi connectivity index (χ0v) is 14.5. The molecule has 0 bridgehead atoms. The lowest BCUT2D eigenvalue weighted by Crippen LogP contribution is -2.23. The highest BCUT2D eigenvalue weighted by atomic mass is 16.5. The van der Waals surface area contributed by atoms with Gasteiger partial charge in [0.2, 0.25) is 0 Å². The molecule has 1 aliphatic heterocycles. The van der Waals surface area contributed by atoms with Crippen LogP contribution in [0.25, 0.3) is 0 Å². The van der Waals surface area contributed by atoms with Gasteiger partial charge in [-0.05, 0) is 30.7 Å². The molecule has 1 saturated heterocycles. The molecular weight excluding hydrogens is 326 g/mol. The van der Waals surface area contributed by atoms with E-state index in [1.165, 1.54) is 5.56 Å². The molecule has 4 rings (SSSR count). The number of nitrogens with zero attached hydrogens (tertiary/aromatic N) is 5. The van der Waals surface area contributed by atoms with E-state index in [9.17, 15) is 5.26 Å². The summed E-state index contributed by atoms with van der Waals surface area (Å²) < 4.78 is 7.65. The summed E-state index contributed by atoms with van der Waals surface area (Å²) in [5.41, 5.74) is 4.70. The number of hydrogen-bond acceptors (Lipinski definition) is 5. The van der Waals surface area contributed by atoms with E-state index in [4.69, 9.17) is 4.74 Å². The normalized spacial score (nSPS) is 16.6. The zero-order valence-electron chi connectivity index (χ0n) is 14.5. The van der Waals surface area contributed by atoms with Crippen molar-refractivity contribution >= 4 is 5.69 Å². The first-order valence-electron chi connectivity index (χ1n) is 8.57. The second-order valence-corrected chi connectivity index (χ2v) is 6.36. The van der Waals surface area contributed by atoms with Crippen LogP contribution >= 0.6 is 0 Å². The van der Waals surface area contributed by atoms with Crippen LogP contribution in [0.15, 0.2) is 54.7 Å². The maximum absolute atomic E-state index is 9.23. The Labute approximate surface area is 152 Å². The number of rotatable bonds is 4. The average Bonchev–Trinajstić information content (AvgIpc) is 3.32. The minimum absolute atomic E-state index is 0.238. The van der Waals surface area contributed by atoms with Crippen molar-refractivity contribution in [1.82, 2.24) is 15.0 Å². The van der Waals surface area contributed by atoms with Gasteiger partial charge in [-0.2, -0.15) is 5.26 Å². The van der Waals surface area contributed by atoms with Crippen LogP contribution in [0.3, 0.4) is 0 Å². The van der Waals surface area contributed by atoms with Crippen LogP contribution in [0, 0.1) is 18.3 Å². The smallest absolute Gasteiger partial charge is 0.177 e. The molecule has 2 heterocycles. The minimum Gasteiger partial charge on any atom is -0.350 e. The van der Waals surface area contributed by atoms with Gasteiger partial charge in [-0.25, -0.2) is 4.68 Å². The summed E-state index contributed by atoms with van der Waals surface area (Å²) in [5.74, 6) is 0. The van der Waals surface area contributed by atoms with Crippen molar-refractivity contribution in [2.24, 2.45) is 0 Å². The van der Waals surface area contributed by atoms with Gasteiger partial charge in [-0.3, -0.25) is 0 Å². The molecule has 3 aromatic rings. The van der Waals surface area contributed by atoms with Gasteiger partial charge >= 0.3 is 0 Å². The fraction of sp³-hybridized carbons (Fsp3) is 0.250. The Balaban J connectivity index is 1.55. The number of aryl methyl sites for hydroxylation is 1. The predicted octanol–water partition coefficient (Wildman–Crippen LogP) is 3.04. The topological polar surface area (TPSA) is 67.0 Å². The third-order valence-electron chi connectivity index (χ3n) is 4.54. The SMILES string of the molecule is Cc1ccc(N2CCO[C@@H]2c2cn(Cc3ccccc3C#N)nn2)cc1. The number of benzene rings is 2. The number of anilines is 1. The first-order valence-corrected chi connectivity index (χ1v) is 8.57. The summed E-state index contributed by atoms with van der Waals surface area (Å²) >= 11 is 0. The van der Waals surface area contributed by atoms with Crippen LogP contribution in [0.5, 0.6) is 0 Å². The lowest BCUT2D eigenvalue weighted by Gasteiger charge is -2.23. The van der Waals surface area contributed by atoms with E-state index < -0.39 is 0 Å². The van der Waals surface area contributed by atoms with Crippen molar-refractivity contribution in [3.8, 4) is 6.07 Å². The molecule has 0 radical (unpaired) electrons. The van der Waals surface area contributed by atoms with Crippen molar-refractivity contribution in [3.63, 3.8) is 0 Å². The van der Waals surface area contributed by atoms with Crippen molar-refractivity contribution in [3.05, 3.63) is 77.1 Å². The van der Waals surface area contributed by atoms with Crippen LogP contribution in [0.2, 0.25) is 0 Å². The Morgan fingerprint density at radius 1 is 1.19 bits per heavy atom. The standard InChI is InChI=1S/C20H19N5O/c1-15-6-8-18(9-7-15)25-10-11-26-20(25)19-14-24(23-22-19)13-17-5-3-2-4-16(17)12-21/h2-9,14,20H,10-11,13H2,1H3/t20-/m1/s1. The molecule has 1 aromatic heterocycles. The molecule has 0 aliphatic carbocycles. The minimum atomic E-state index is -0.238. The van der Waals surface area contributed by atoms with Crippen LogP contribution in [-0.2, 0) is 11.3 Å². The van der Waals surface area contributed by atoms with E-state index in [-0.39, 0.29) is 6.23 Å². The van der Waals surface area contributed by atoms with Crippen LogP contribution in [0.1, 0.15) is 28.6 Å². The predicted molar refractivity (Wildman–Crippen MR) is 97.5 cm³/mol. The summed E-state index contributed by atoms with van der Waals surface area (Å²) in [5, 5.41) is 17.8. The Kier molecular flexibility index (Phi) is 4.38. The molecule has 0 spiro atoms. The number of aromatic nitrogens is 3. The highest BCUT2D eigenvalue weighted by Gasteiger charge is 2.29. The molecule has 2 aromatic carbocycles. The first kappa shape index (κ1) is 16.3. The van der Waals surface area contributed by atoms with Crippen molar-refractivity contribution in [2.45, 2.75) is 19.7 Å². The van der Waals surface area contributed by atoms with Gasteiger partial charge in [0, 0.05) is 12.2 Å². The Hall–Kier alpha value is -3.17. The van der Waals surface area contributed by atoms with E-state index in [0.717, 1.165) is 23.5 Å². The summed E-state index contributed by atoms with van der Waals surface area (Å²) in [7, 11) is 0. The van der Waals surface area contributed by atoms with E-state index in [2.05, 4.69) is 52.5 Å². The van der Waals surface area contributed by atoms with Crippen molar-refractivity contribution in [1.29, 1.82) is 5.26 Å². The Bertz CT molecular complexity index is 941. The maximum atomic E-state index is 9.23. The molecular formula is C20H19N5O. The third-order valence-corrected chi connectivity index (χ3v) is 4.54. The van der Waals surface area contributed by atoms with Crippen LogP contribution in [0.4, 0.5) is 5.69 Å². The summed E-state index contributed by atoms with van der Waals surface area (Å²) in [6.07, 6.45) is 1.66. The molecule has 1 aliphatic rings. The van der Waals surface area contributed by atoms with Gasteiger partial charge in [-0.1, -0.05) is 41.1 Å². The van der Waals surface area contributed by atoms with E-state index in [0.29, 0.717) is 18.7 Å². The number of hydrogen-bond donors (Lipinski definition) is 0. The summed E-state index contributed by atoms with van der Waals surface area (Å²) in [4.78, 5) is 2.19. The highest BCUT2D eigenvalue weighted by molar-refractivity contribution is 5.49. The monoisotopic (exact) mass is 345 g/mol. The maximum Gasteiger partial charge on any atom is 0.177 e. The molecule has 0 N–H and O–H groups in total. The molecule has 6 heteroatoms. The van der Waals surface area contributed by atoms with Crippen LogP contribution < -0.4 is 4.90 Å². The quantitative estimate of drug-likeness (QED) is 0.727. The molecule has 0 amide bonds. The second-order valence-electron chi connectivity index (χ2n) is 6.36. The van der Waals surface area contributed by atoms with Gasteiger partial charge in [0.05, 0.1) is 31.0 Å². The van der Waals surface area contributed by atoms with Gasteiger partial charge in [0.25, 0.3) is 0 Å². The van der Waals surface area contributed by atoms with E-state index in [1.54, 1.807) is 4.68 Å². The Morgan fingerprint density at radius 3 is 2.81 bits per heavy atom. The molecule has 26 heavy (non-hydrogen) atoms. The van der Waals surface area contributed by atoms with Gasteiger partial charge in [0.1, 0.15) is 5.69 Å². The van der Waals surface area contributed by atoms with E-state index in [1.807, 2.05) is 30.5 Å². The largest absolute Gasteiger partial charge is 0.350 e. The molecule has 0 unspecified atom stereocenters. The summed E-state index contributed by atoms with van der Waals surface area (Å²) in [6, 6.07) is 18.1. The number of nitriles is 1. The molecule has 0 saturated carbocycles. The summed E-state index contributed by atoms with van der Waals surface area (Å²) in [6.45, 7) is 4.06. The highest BCUT2D eigenvalue weighted by Crippen LogP contribution is 2.31. The first-order chi connectivity index (χ1) is 12.7. The van der Waals surface area contributed by atoms with Crippen molar-refractivity contribution < 1.29 is 4.74 Å². The Morgan fingerprint density at radius 2 is 2.00 bits per heavy atom. The second kappa shape index (κ2) is 6.98. The molecule has 130 valence electrons. The van der Waals surface area contributed by atoms with Gasteiger partial charge < -0.3 is 9.64 Å². The molecule has 1 atom stereocenters. The fourth-order valence-electron chi connectivity index (χ4n) is 3.16. The van der Waals surface area contributed by atoms with E-state index >= 15 is 0 Å². The molecule has 6 nitrogen and oxygen atoms in total. The van der Waals surface area contributed by atoms with Crippen molar-refractivity contribution in [2.75, 3.05) is 18.1 Å². The average molecular weight is 345 g/mol.